The number of methoxy groups -OCH3 is 1. The van der Waals surface area contributed by atoms with E-state index in [-0.39, 0.29) is 11.9 Å². The standard InChI is InChI=1S/C12H16BrNO2/c1-8-4-5-10(13)11(6-8)14-7-9(2)12(15)16-3/h4-6,9,14H,7H2,1-3H3. The van der Waals surface area contributed by atoms with Gasteiger partial charge in [-0.2, -0.15) is 0 Å². The Kier molecular flexibility index (Phi) is 4.80. The molecule has 0 aliphatic rings. The molecular formula is C12H16BrNO2. The first-order valence-corrected chi connectivity index (χ1v) is 5.91. The normalized spacial score (nSPS) is 12.0. The molecule has 3 nitrogen and oxygen atoms in total. The molecule has 16 heavy (non-hydrogen) atoms. The van der Waals surface area contributed by atoms with Crippen molar-refractivity contribution in [2.75, 3.05) is 19.0 Å². The minimum atomic E-state index is -0.198. The first kappa shape index (κ1) is 13.0. The fourth-order valence-electron chi connectivity index (χ4n) is 1.32. The van der Waals surface area contributed by atoms with E-state index in [4.69, 9.17) is 0 Å². The van der Waals surface area contributed by atoms with E-state index in [1.165, 1.54) is 12.7 Å². The third-order valence-electron chi connectivity index (χ3n) is 2.32. The number of anilines is 1. The molecule has 1 atom stereocenters. The minimum absolute atomic E-state index is 0.155. The highest BCUT2D eigenvalue weighted by Crippen LogP contribution is 2.23. The molecule has 0 bridgehead atoms. The maximum Gasteiger partial charge on any atom is 0.310 e. The van der Waals surface area contributed by atoms with E-state index in [9.17, 15) is 4.79 Å². The van der Waals surface area contributed by atoms with Crippen LogP contribution in [0.25, 0.3) is 0 Å². The number of rotatable bonds is 4. The van der Waals surface area contributed by atoms with Gasteiger partial charge < -0.3 is 10.1 Å². The molecule has 0 fully saturated rings. The molecule has 0 aliphatic carbocycles. The molecule has 0 saturated heterocycles. The average Bonchev–Trinajstić information content (AvgIpc) is 2.28. The molecule has 4 heteroatoms. The van der Waals surface area contributed by atoms with Crippen LogP contribution in [0.15, 0.2) is 22.7 Å². The Morgan fingerprint density at radius 2 is 2.25 bits per heavy atom. The first-order valence-electron chi connectivity index (χ1n) is 5.12. The lowest BCUT2D eigenvalue weighted by Crippen LogP contribution is -2.21. The summed E-state index contributed by atoms with van der Waals surface area (Å²) in [4.78, 5) is 11.2. The van der Waals surface area contributed by atoms with Crippen LogP contribution in [-0.4, -0.2) is 19.6 Å². The quantitative estimate of drug-likeness (QED) is 0.865. The number of nitrogens with one attached hydrogen (secondary N) is 1. The van der Waals surface area contributed by atoms with Crippen LogP contribution in [0.5, 0.6) is 0 Å². The van der Waals surface area contributed by atoms with E-state index in [0.29, 0.717) is 6.54 Å². The van der Waals surface area contributed by atoms with Crippen molar-refractivity contribution in [2.24, 2.45) is 5.92 Å². The first-order chi connectivity index (χ1) is 7.54. The zero-order valence-corrected chi connectivity index (χ0v) is 11.3. The molecule has 88 valence electrons. The van der Waals surface area contributed by atoms with Crippen LogP contribution < -0.4 is 5.32 Å². The number of carbonyl (C=O) groups is 1. The Labute approximate surface area is 104 Å². The van der Waals surface area contributed by atoms with Gasteiger partial charge in [-0.25, -0.2) is 0 Å². The number of ether oxygens (including phenoxy) is 1. The molecule has 1 aromatic rings. The Hall–Kier alpha value is -1.03. The van der Waals surface area contributed by atoms with E-state index >= 15 is 0 Å². The van der Waals surface area contributed by atoms with Gasteiger partial charge >= 0.3 is 5.97 Å². The Bertz CT molecular complexity index is 379. The maximum atomic E-state index is 11.2. The van der Waals surface area contributed by atoms with Gasteiger partial charge in [0.25, 0.3) is 0 Å². The van der Waals surface area contributed by atoms with E-state index in [1.807, 2.05) is 32.0 Å². The molecule has 0 amide bonds. The number of benzene rings is 1. The summed E-state index contributed by atoms with van der Waals surface area (Å²) >= 11 is 3.46. The fraction of sp³-hybridized carbons (Fsp3) is 0.417. The molecular weight excluding hydrogens is 270 g/mol. The number of hydrogen-bond acceptors (Lipinski definition) is 3. The van der Waals surface area contributed by atoms with Crippen LogP contribution in [0.3, 0.4) is 0 Å². The lowest BCUT2D eigenvalue weighted by atomic mass is 10.1. The third kappa shape index (κ3) is 3.52. The highest BCUT2D eigenvalue weighted by atomic mass is 79.9. The van der Waals surface area contributed by atoms with Crippen molar-refractivity contribution >= 4 is 27.6 Å². The second-order valence-corrected chi connectivity index (χ2v) is 4.64. The Morgan fingerprint density at radius 3 is 2.88 bits per heavy atom. The summed E-state index contributed by atoms with van der Waals surface area (Å²) in [6.45, 7) is 4.43. The van der Waals surface area contributed by atoms with Crippen LogP contribution in [0.4, 0.5) is 5.69 Å². The van der Waals surface area contributed by atoms with Gasteiger partial charge in [0, 0.05) is 16.7 Å². The Morgan fingerprint density at radius 1 is 1.56 bits per heavy atom. The SMILES string of the molecule is COC(=O)C(C)CNc1cc(C)ccc1Br. The topological polar surface area (TPSA) is 38.3 Å². The van der Waals surface area contributed by atoms with Crippen LogP contribution in [0.1, 0.15) is 12.5 Å². The maximum absolute atomic E-state index is 11.2. The number of esters is 1. The average molecular weight is 286 g/mol. The lowest BCUT2D eigenvalue weighted by molar-refractivity contribution is -0.144. The second kappa shape index (κ2) is 5.89. The second-order valence-electron chi connectivity index (χ2n) is 3.79. The van der Waals surface area contributed by atoms with E-state index < -0.39 is 0 Å². The number of hydrogen-bond donors (Lipinski definition) is 1. The van der Waals surface area contributed by atoms with Crippen molar-refractivity contribution in [2.45, 2.75) is 13.8 Å². The molecule has 1 aromatic carbocycles. The molecule has 0 spiro atoms. The minimum Gasteiger partial charge on any atom is -0.469 e. The van der Waals surface area contributed by atoms with E-state index in [2.05, 4.69) is 26.0 Å². The van der Waals surface area contributed by atoms with Crippen LogP contribution in [0, 0.1) is 12.8 Å². The number of aryl methyl sites for hydroxylation is 1. The highest BCUT2D eigenvalue weighted by Gasteiger charge is 2.12. The molecule has 1 unspecified atom stereocenters. The fourth-order valence-corrected chi connectivity index (χ4v) is 1.71. The predicted molar refractivity (Wildman–Crippen MR) is 68.5 cm³/mol. The molecule has 0 aromatic heterocycles. The summed E-state index contributed by atoms with van der Waals surface area (Å²) < 4.78 is 5.66. The lowest BCUT2D eigenvalue weighted by Gasteiger charge is -2.13. The monoisotopic (exact) mass is 285 g/mol. The van der Waals surface area contributed by atoms with Gasteiger partial charge in [-0.05, 0) is 40.5 Å². The van der Waals surface area contributed by atoms with Crippen LogP contribution in [0.2, 0.25) is 0 Å². The number of halogens is 1. The van der Waals surface area contributed by atoms with Gasteiger partial charge in [-0.3, -0.25) is 4.79 Å². The summed E-state index contributed by atoms with van der Waals surface area (Å²) in [5.41, 5.74) is 2.17. The van der Waals surface area contributed by atoms with E-state index in [0.717, 1.165) is 10.2 Å². The summed E-state index contributed by atoms with van der Waals surface area (Å²) in [6, 6.07) is 6.05. The summed E-state index contributed by atoms with van der Waals surface area (Å²) in [6.07, 6.45) is 0. The van der Waals surface area contributed by atoms with Crippen LogP contribution >= 0.6 is 15.9 Å². The molecule has 0 saturated carbocycles. The van der Waals surface area contributed by atoms with Gasteiger partial charge in [0.05, 0.1) is 13.0 Å². The van der Waals surface area contributed by atoms with Crippen molar-refractivity contribution in [3.05, 3.63) is 28.2 Å². The molecule has 1 N–H and O–H groups in total. The Balaban J connectivity index is 2.60. The summed E-state index contributed by atoms with van der Waals surface area (Å²) in [7, 11) is 1.40. The smallest absolute Gasteiger partial charge is 0.310 e. The van der Waals surface area contributed by atoms with Crippen LogP contribution in [-0.2, 0) is 9.53 Å². The molecule has 0 heterocycles. The van der Waals surface area contributed by atoms with Gasteiger partial charge in [0.15, 0.2) is 0 Å². The zero-order valence-electron chi connectivity index (χ0n) is 9.71. The van der Waals surface area contributed by atoms with Gasteiger partial charge in [-0.1, -0.05) is 13.0 Å². The van der Waals surface area contributed by atoms with Crippen molar-refractivity contribution < 1.29 is 9.53 Å². The zero-order chi connectivity index (χ0) is 12.1. The van der Waals surface area contributed by atoms with E-state index in [1.54, 1.807) is 0 Å². The van der Waals surface area contributed by atoms with Gasteiger partial charge in [0.1, 0.15) is 0 Å². The third-order valence-corrected chi connectivity index (χ3v) is 3.02. The highest BCUT2D eigenvalue weighted by molar-refractivity contribution is 9.10. The van der Waals surface area contributed by atoms with Crippen molar-refractivity contribution in [1.29, 1.82) is 0 Å². The molecule has 0 radical (unpaired) electrons. The van der Waals surface area contributed by atoms with Crippen molar-refractivity contribution in [1.82, 2.24) is 0 Å². The summed E-state index contributed by atoms with van der Waals surface area (Å²) in [5, 5.41) is 3.22. The van der Waals surface area contributed by atoms with Gasteiger partial charge in [-0.15, -0.1) is 0 Å². The molecule has 0 aliphatic heterocycles. The predicted octanol–water partition coefficient (Wildman–Crippen LogP) is 2.98. The number of carbonyl (C=O) groups excluding carboxylic acids is 1. The van der Waals surface area contributed by atoms with Crippen molar-refractivity contribution in [3.63, 3.8) is 0 Å². The molecule has 1 rings (SSSR count). The van der Waals surface area contributed by atoms with Gasteiger partial charge in [0.2, 0.25) is 0 Å². The summed E-state index contributed by atoms with van der Waals surface area (Å²) in [5.74, 6) is -0.353. The largest absolute Gasteiger partial charge is 0.469 e. The van der Waals surface area contributed by atoms with Crippen molar-refractivity contribution in [3.8, 4) is 0 Å².